The summed E-state index contributed by atoms with van der Waals surface area (Å²) >= 11 is 0. The van der Waals surface area contributed by atoms with Crippen LogP contribution in [0.25, 0.3) is 0 Å². The number of nitrogens with zero attached hydrogens (tertiary/aromatic N) is 1. The van der Waals surface area contributed by atoms with Crippen molar-refractivity contribution in [3.05, 3.63) is 0 Å². The second kappa shape index (κ2) is 6.73. The molecule has 0 bridgehead atoms. The summed E-state index contributed by atoms with van der Waals surface area (Å²) in [5.41, 5.74) is 6.04. The zero-order chi connectivity index (χ0) is 13.8. The van der Waals surface area contributed by atoms with Crippen LogP contribution in [0.3, 0.4) is 0 Å². The van der Waals surface area contributed by atoms with E-state index in [9.17, 15) is 14.8 Å². The third-order valence-corrected chi connectivity index (χ3v) is 4.56. The van der Waals surface area contributed by atoms with Crippen molar-refractivity contribution >= 4 is 13.0 Å². The number of nitrogens with two attached hydrogens (primary N) is 1. The minimum absolute atomic E-state index is 0.110. The molecule has 1 heterocycles. The van der Waals surface area contributed by atoms with Gasteiger partial charge in [0.2, 0.25) is 5.91 Å². The van der Waals surface area contributed by atoms with Crippen LogP contribution in [0.4, 0.5) is 0 Å². The van der Waals surface area contributed by atoms with E-state index in [-0.39, 0.29) is 5.91 Å². The maximum Gasteiger partial charge on any atom is 0.475 e. The van der Waals surface area contributed by atoms with E-state index in [1.165, 1.54) is 32.1 Å². The Hall–Kier alpha value is -0.585. The van der Waals surface area contributed by atoms with Gasteiger partial charge in [0.1, 0.15) is 0 Å². The standard InChI is InChI=1S/C13H25BN2O3/c15-11(9-10-5-2-1-3-6-10)13(17)16-8-4-7-12(16)14(18)19/h10-12,18-19H,1-9,15H2/t11-,12-/m0/s1. The highest BCUT2D eigenvalue weighted by molar-refractivity contribution is 6.43. The zero-order valence-corrected chi connectivity index (χ0v) is 11.5. The molecule has 1 aliphatic carbocycles. The van der Waals surface area contributed by atoms with E-state index in [1.807, 2.05) is 0 Å². The van der Waals surface area contributed by atoms with Crippen molar-refractivity contribution in [2.75, 3.05) is 6.54 Å². The minimum atomic E-state index is -1.45. The van der Waals surface area contributed by atoms with E-state index >= 15 is 0 Å². The topological polar surface area (TPSA) is 86.8 Å². The van der Waals surface area contributed by atoms with Gasteiger partial charge in [-0.1, -0.05) is 32.1 Å². The van der Waals surface area contributed by atoms with Gasteiger partial charge >= 0.3 is 7.12 Å². The SMILES string of the molecule is N[C@@H](CC1CCCCC1)C(=O)N1CCC[C@H]1B(O)O. The minimum Gasteiger partial charge on any atom is -0.426 e. The molecule has 1 aliphatic heterocycles. The number of rotatable bonds is 4. The van der Waals surface area contributed by atoms with Crippen LogP contribution >= 0.6 is 0 Å². The van der Waals surface area contributed by atoms with E-state index in [0.717, 1.165) is 12.8 Å². The van der Waals surface area contributed by atoms with Crippen LogP contribution in [-0.2, 0) is 4.79 Å². The normalized spacial score (nSPS) is 26.5. The van der Waals surface area contributed by atoms with Gasteiger partial charge < -0.3 is 20.7 Å². The molecule has 2 atom stereocenters. The van der Waals surface area contributed by atoms with E-state index < -0.39 is 19.1 Å². The molecular formula is C13H25BN2O3. The first-order chi connectivity index (χ1) is 9.09. The Morgan fingerprint density at radius 3 is 2.53 bits per heavy atom. The Morgan fingerprint density at radius 1 is 1.21 bits per heavy atom. The summed E-state index contributed by atoms with van der Waals surface area (Å²) in [6.07, 6.45) is 8.35. The molecule has 5 nitrogen and oxygen atoms in total. The van der Waals surface area contributed by atoms with Crippen LogP contribution in [0, 0.1) is 5.92 Å². The predicted molar refractivity (Wildman–Crippen MR) is 74.1 cm³/mol. The van der Waals surface area contributed by atoms with Crippen LogP contribution in [0.15, 0.2) is 0 Å². The van der Waals surface area contributed by atoms with Crippen molar-refractivity contribution in [2.45, 2.75) is 63.3 Å². The lowest BCUT2D eigenvalue weighted by Crippen LogP contribution is -2.51. The summed E-state index contributed by atoms with van der Waals surface area (Å²) < 4.78 is 0. The maximum absolute atomic E-state index is 12.3. The lowest BCUT2D eigenvalue weighted by Gasteiger charge is -2.29. The Bertz CT molecular complexity index is 308. The predicted octanol–water partition coefficient (Wildman–Crippen LogP) is 0.287. The number of hydrogen-bond donors (Lipinski definition) is 3. The van der Waals surface area contributed by atoms with Gasteiger partial charge in [-0.15, -0.1) is 0 Å². The molecule has 4 N–H and O–H groups in total. The molecule has 1 amide bonds. The molecule has 2 rings (SSSR count). The Balaban J connectivity index is 1.87. The molecule has 0 radical (unpaired) electrons. The van der Waals surface area contributed by atoms with Gasteiger partial charge in [-0.25, -0.2) is 0 Å². The van der Waals surface area contributed by atoms with Crippen molar-refractivity contribution in [3.63, 3.8) is 0 Å². The Morgan fingerprint density at radius 2 is 1.89 bits per heavy atom. The second-order valence-electron chi connectivity index (χ2n) is 6.00. The first kappa shape index (κ1) is 14.8. The number of likely N-dealkylation sites (tertiary alicyclic amines) is 1. The molecule has 19 heavy (non-hydrogen) atoms. The lowest BCUT2D eigenvalue weighted by molar-refractivity contribution is -0.133. The largest absolute Gasteiger partial charge is 0.475 e. The lowest BCUT2D eigenvalue weighted by atomic mass is 9.77. The van der Waals surface area contributed by atoms with Gasteiger partial charge in [-0.2, -0.15) is 0 Å². The summed E-state index contributed by atoms with van der Waals surface area (Å²) in [6.45, 7) is 0.597. The zero-order valence-electron chi connectivity index (χ0n) is 11.5. The maximum atomic E-state index is 12.3. The molecule has 0 spiro atoms. The summed E-state index contributed by atoms with van der Waals surface area (Å²) in [6, 6.07) is -0.484. The highest BCUT2D eigenvalue weighted by Gasteiger charge is 2.38. The van der Waals surface area contributed by atoms with Gasteiger partial charge in [0.05, 0.1) is 12.0 Å². The number of carbonyl (C=O) groups excluding carboxylic acids is 1. The quantitative estimate of drug-likeness (QED) is 0.639. The van der Waals surface area contributed by atoms with Gasteiger partial charge in [0.25, 0.3) is 0 Å². The van der Waals surface area contributed by atoms with Crippen LogP contribution in [0.1, 0.15) is 51.4 Å². The van der Waals surface area contributed by atoms with E-state index in [2.05, 4.69) is 0 Å². The fourth-order valence-electron chi connectivity index (χ4n) is 3.47. The third-order valence-electron chi connectivity index (χ3n) is 4.56. The van der Waals surface area contributed by atoms with E-state index in [4.69, 9.17) is 5.73 Å². The van der Waals surface area contributed by atoms with Crippen LogP contribution < -0.4 is 5.73 Å². The average molecular weight is 268 g/mol. The monoisotopic (exact) mass is 268 g/mol. The number of amides is 1. The summed E-state index contributed by atoms with van der Waals surface area (Å²) in [7, 11) is -1.45. The first-order valence-electron chi connectivity index (χ1n) is 7.52. The smallest absolute Gasteiger partial charge is 0.426 e. The summed E-state index contributed by atoms with van der Waals surface area (Å²) in [4.78, 5) is 13.9. The van der Waals surface area contributed by atoms with Gasteiger partial charge in [-0.3, -0.25) is 4.79 Å². The molecule has 0 aromatic heterocycles. The fourth-order valence-corrected chi connectivity index (χ4v) is 3.47. The summed E-state index contributed by atoms with van der Waals surface area (Å²) in [5, 5.41) is 18.6. The molecule has 0 aromatic rings. The second-order valence-corrected chi connectivity index (χ2v) is 6.00. The molecular weight excluding hydrogens is 243 g/mol. The third kappa shape index (κ3) is 3.71. The van der Waals surface area contributed by atoms with Gasteiger partial charge in [0, 0.05) is 6.54 Å². The molecule has 1 saturated carbocycles. The highest BCUT2D eigenvalue weighted by atomic mass is 16.4. The molecule has 0 unspecified atom stereocenters. The van der Waals surface area contributed by atoms with Crippen LogP contribution in [0.2, 0.25) is 0 Å². The van der Waals surface area contributed by atoms with Gasteiger partial charge in [-0.05, 0) is 25.2 Å². The van der Waals surface area contributed by atoms with Crippen molar-refractivity contribution in [2.24, 2.45) is 11.7 Å². The first-order valence-corrected chi connectivity index (χ1v) is 7.52. The fraction of sp³-hybridized carbons (Fsp3) is 0.923. The Labute approximate surface area is 115 Å². The highest BCUT2D eigenvalue weighted by Crippen LogP contribution is 2.28. The average Bonchev–Trinajstić information content (AvgIpc) is 2.88. The number of hydrogen-bond acceptors (Lipinski definition) is 4. The molecule has 0 aromatic carbocycles. The van der Waals surface area contributed by atoms with Crippen molar-refractivity contribution in [3.8, 4) is 0 Å². The van der Waals surface area contributed by atoms with E-state index in [1.54, 1.807) is 4.90 Å². The summed E-state index contributed by atoms with van der Waals surface area (Å²) in [5.74, 6) is -0.0149. The molecule has 108 valence electrons. The van der Waals surface area contributed by atoms with Crippen LogP contribution in [0.5, 0.6) is 0 Å². The molecule has 2 fully saturated rings. The van der Waals surface area contributed by atoms with E-state index in [0.29, 0.717) is 18.9 Å². The van der Waals surface area contributed by atoms with Gasteiger partial charge in [0.15, 0.2) is 0 Å². The van der Waals surface area contributed by atoms with Crippen molar-refractivity contribution in [1.29, 1.82) is 0 Å². The Kier molecular flexibility index (Phi) is 5.24. The molecule has 6 heteroatoms. The molecule has 2 aliphatic rings. The van der Waals surface area contributed by atoms with Crippen molar-refractivity contribution in [1.82, 2.24) is 4.90 Å². The van der Waals surface area contributed by atoms with Crippen LogP contribution in [-0.4, -0.2) is 46.5 Å². The van der Waals surface area contributed by atoms with Crippen molar-refractivity contribution < 1.29 is 14.8 Å². The molecule has 1 saturated heterocycles. The number of carbonyl (C=O) groups is 1.